The van der Waals surface area contributed by atoms with Crippen LogP contribution in [0.5, 0.6) is 0 Å². The summed E-state index contributed by atoms with van der Waals surface area (Å²) in [5, 5.41) is 0. The Morgan fingerprint density at radius 2 is 1.52 bits per heavy atom. The molecule has 1 aromatic carbocycles. The summed E-state index contributed by atoms with van der Waals surface area (Å²) in [6, 6.07) is 7.48. The summed E-state index contributed by atoms with van der Waals surface area (Å²) in [5.74, 6) is -0.462. The second-order valence-electron chi connectivity index (χ2n) is 5.62. The number of carbonyl (C=O) groups excluding carboxylic acids is 3. The maximum absolute atomic E-state index is 12.4. The molecular formula is C17H22N2O4. The molecule has 1 aliphatic rings. The quantitative estimate of drug-likeness (QED) is 0.783. The third kappa shape index (κ3) is 4.55. The summed E-state index contributed by atoms with van der Waals surface area (Å²) in [5.41, 5.74) is 1.78. The minimum Gasteiger partial charge on any atom is -0.469 e. The lowest BCUT2D eigenvalue weighted by Gasteiger charge is -2.34. The minimum absolute atomic E-state index is 0.00772. The number of benzene rings is 1. The van der Waals surface area contributed by atoms with Gasteiger partial charge in [0.05, 0.1) is 13.5 Å². The molecule has 124 valence electrons. The van der Waals surface area contributed by atoms with E-state index in [0.29, 0.717) is 31.7 Å². The lowest BCUT2D eigenvalue weighted by molar-refractivity contribution is -0.143. The molecule has 0 radical (unpaired) electrons. The molecule has 2 rings (SSSR count). The molecule has 6 nitrogen and oxygen atoms in total. The van der Waals surface area contributed by atoms with Crippen molar-refractivity contribution in [1.82, 2.24) is 9.80 Å². The van der Waals surface area contributed by atoms with Gasteiger partial charge in [-0.1, -0.05) is 17.7 Å². The van der Waals surface area contributed by atoms with E-state index in [2.05, 4.69) is 4.74 Å². The van der Waals surface area contributed by atoms with Gasteiger partial charge in [-0.25, -0.2) is 0 Å². The highest BCUT2D eigenvalue weighted by atomic mass is 16.5. The van der Waals surface area contributed by atoms with Crippen LogP contribution in [-0.2, 0) is 14.3 Å². The lowest BCUT2D eigenvalue weighted by Crippen LogP contribution is -2.50. The van der Waals surface area contributed by atoms with Crippen molar-refractivity contribution in [2.45, 2.75) is 19.8 Å². The smallest absolute Gasteiger partial charge is 0.306 e. The van der Waals surface area contributed by atoms with E-state index in [1.165, 1.54) is 7.11 Å². The molecule has 2 amide bonds. The summed E-state index contributed by atoms with van der Waals surface area (Å²) in [6.07, 6.45) is 0.246. The number of ether oxygens (including phenoxy) is 1. The average molecular weight is 318 g/mol. The Balaban J connectivity index is 1.83. The molecule has 0 bridgehead atoms. The average Bonchev–Trinajstić information content (AvgIpc) is 2.59. The van der Waals surface area contributed by atoms with Crippen LogP contribution < -0.4 is 0 Å². The molecule has 0 unspecified atom stereocenters. The van der Waals surface area contributed by atoms with Crippen LogP contribution in [0.2, 0.25) is 0 Å². The summed E-state index contributed by atoms with van der Waals surface area (Å²) >= 11 is 0. The van der Waals surface area contributed by atoms with Gasteiger partial charge < -0.3 is 14.5 Å². The Morgan fingerprint density at radius 3 is 2.09 bits per heavy atom. The van der Waals surface area contributed by atoms with E-state index in [9.17, 15) is 14.4 Å². The van der Waals surface area contributed by atoms with E-state index < -0.39 is 0 Å². The number of methoxy groups -OCH3 is 1. The summed E-state index contributed by atoms with van der Waals surface area (Å²) in [4.78, 5) is 39.0. The Morgan fingerprint density at radius 1 is 0.957 bits per heavy atom. The fraction of sp³-hybridized carbons (Fsp3) is 0.471. The normalized spacial score (nSPS) is 14.5. The molecular weight excluding hydrogens is 296 g/mol. The van der Waals surface area contributed by atoms with Crippen molar-refractivity contribution in [3.63, 3.8) is 0 Å². The van der Waals surface area contributed by atoms with E-state index >= 15 is 0 Å². The molecule has 1 fully saturated rings. The van der Waals surface area contributed by atoms with E-state index in [1.807, 2.05) is 31.2 Å². The number of hydrogen-bond donors (Lipinski definition) is 0. The Bertz CT molecular complexity index is 575. The van der Waals surface area contributed by atoms with Gasteiger partial charge in [-0.05, 0) is 19.1 Å². The maximum Gasteiger partial charge on any atom is 0.306 e. The Hall–Kier alpha value is -2.37. The van der Waals surface area contributed by atoms with Gasteiger partial charge >= 0.3 is 5.97 Å². The molecule has 0 N–H and O–H groups in total. The standard InChI is InChI=1S/C17H22N2O4/c1-13-3-5-14(6-4-13)17(22)19-11-9-18(10-12-19)15(20)7-8-16(21)23-2/h3-6H,7-12H2,1-2H3. The number of nitrogens with zero attached hydrogens (tertiary/aromatic N) is 2. The van der Waals surface area contributed by atoms with Gasteiger partial charge in [0.1, 0.15) is 0 Å². The highest BCUT2D eigenvalue weighted by Crippen LogP contribution is 2.11. The number of esters is 1. The molecule has 6 heteroatoms. The summed E-state index contributed by atoms with van der Waals surface area (Å²) in [7, 11) is 1.31. The second kappa shape index (κ2) is 7.76. The molecule has 1 heterocycles. The number of aryl methyl sites for hydroxylation is 1. The van der Waals surface area contributed by atoms with E-state index in [4.69, 9.17) is 0 Å². The lowest BCUT2D eigenvalue weighted by atomic mass is 10.1. The molecule has 1 aromatic rings. The first kappa shape index (κ1) is 17.0. The fourth-order valence-electron chi connectivity index (χ4n) is 2.51. The zero-order valence-electron chi connectivity index (χ0n) is 13.6. The van der Waals surface area contributed by atoms with Crippen LogP contribution in [0.1, 0.15) is 28.8 Å². The van der Waals surface area contributed by atoms with Crippen molar-refractivity contribution < 1.29 is 19.1 Å². The SMILES string of the molecule is COC(=O)CCC(=O)N1CCN(C(=O)c2ccc(C)cc2)CC1. The first-order valence-corrected chi connectivity index (χ1v) is 7.72. The first-order valence-electron chi connectivity index (χ1n) is 7.72. The van der Waals surface area contributed by atoms with Crippen molar-refractivity contribution in [1.29, 1.82) is 0 Å². The van der Waals surface area contributed by atoms with E-state index in [-0.39, 0.29) is 30.6 Å². The van der Waals surface area contributed by atoms with E-state index in [1.54, 1.807) is 9.80 Å². The van der Waals surface area contributed by atoms with Crippen molar-refractivity contribution in [3.8, 4) is 0 Å². The number of amides is 2. The van der Waals surface area contributed by atoms with Gasteiger partial charge in [-0.15, -0.1) is 0 Å². The molecule has 0 atom stereocenters. The van der Waals surface area contributed by atoms with Crippen LogP contribution >= 0.6 is 0 Å². The summed E-state index contributed by atoms with van der Waals surface area (Å²) < 4.78 is 4.53. The van der Waals surface area contributed by atoms with E-state index in [0.717, 1.165) is 5.56 Å². The van der Waals surface area contributed by atoms with Crippen molar-refractivity contribution in [3.05, 3.63) is 35.4 Å². The van der Waals surface area contributed by atoms with Crippen molar-refractivity contribution in [2.75, 3.05) is 33.3 Å². The van der Waals surface area contributed by atoms with Gasteiger partial charge in [0, 0.05) is 38.2 Å². The molecule has 23 heavy (non-hydrogen) atoms. The summed E-state index contributed by atoms with van der Waals surface area (Å²) in [6.45, 7) is 4.00. The number of rotatable bonds is 4. The fourth-order valence-corrected chi connectivity index (χ4v) is 2.51. The molecule has 1 saturated heterocycles. The molecule has 0 aromatic heterocycles. The van der Waals surface area contributed by atoms with Crippen molar-refractivity contribution in [2.24, 2.45) is 0 Å². The first-order chi connectivity index (χ1) is 11.0. The van der Waals surface area contributed by atoms with Crippen molar-refractivity contribution >= 4 is 17.8 Å². The number of carbonyl (C=O) groups is 3. The van der Waals surface area contributed by atoms with Crippen LogP contribution in [-0.4, -0.2) is 60.9 Å². The van der Waals surface area contributed by atoms with Gasteiger partial charge in [0.2, 0.25) is 5.91 Å². The predicted octanol–water partition coefficient (Wildman–Crippen LogP) is 1.23. The third-order valence-corrected chi connectivity index (χ3v) is 3.99. The second-order valence-corrected chi connectivity index (χ2v) is 5.62. The Kier molecular flexibility index (Phi) is 5.73. The van der Waals surface area contributed by atoms with Crippen LogP contribution in [0.3, 0.4) is 0 Å². The molecule has 1 aliphatic heterocycles. The zero-order valence-corrected chi connectivity index (χ0v) is 13.6. The topological polar surface area (TPSA) is 66.9 Å². The van der Waals surface area contributed by atoms with Gasteiger partial charge in [0.15, 0.2) is 0 Å². The third-order valence-electron chi connectivity index (χ3n) is 3.99. The van der Waals surface area contributed by atoms with Crippen LogP contribution in [0, 0.1) is 6.92 Å². The largest absolute Gasteiger partial charge is 0.469 e. The number of piperazine rings is 1. The van der Waals surface area contributed by atoms with Gasteiger partial charge in [0.25, 0.3) is 5.91 Å². The van der Waals surface area contributed by atoms with Crippen LogP contribution in [0.15, 0.2) is 24.3 Å². The zero-order chi connectivity index (χ0) is 16.8. The van der Waals surface area contributed by atoms with Gasteiger partial charge in [-0.3, -0.25) is 14.4 Å². The highest BCUT2D eigenvalue weighted by molar-refractivity contribution is 5.94. The molecule has 0 spiro atoms. The molecule has 0 saturated carbocycles. The van der Waals surface area contributed by atoms with Crippen LogP contribution in [0.25, 0.3) is 0 Å². The van der Waals surface area contributed by atoms with Crippen LogP contribution in [0.4, 0.5) is 0 Å². The molecule has 0 aliphatic carbocycles. The monoisotopic (exact) mass is 318 g/mol. The maximum atomic E-state index is 12.4. The Labute approximate surface area is 136 Å². The predicted molar refractivity (Wildman–Crippen MR) is 84.9 cm³/mol. The number of hydrogen-bond acceptors (Lipinski definition) is 4. The van der Waals surface area contributed by atoms with Gasteiger partial charge in [-0.2, -0.15) is 0 Å². The minimum atomic E-state index is -0.383. The highest BCUT2D eigenvalue weighted by Gasteiger charge is 2.24.